The number of halogens is 2. The second-order valence-corrected chi connectivity index (χ2v) is 6.10. The van der Waals surface area contributed by atoms with Gasteiger partial charge in [-0.3, -0.25) is 4.98 Å². The van der Waals surface area contributed by atoms with Crippen molar-refractivity contribution in [2.45, 2.75) is 44.9 Å². The fourth-order valence-electron chi connectivity index (χ4n) is 3.00. The van der Waals surface area contributed by atoms with Gasteiger partial charge in [-0.25, -0.2) is 9.97 Å². The molecule has 0 unspecified atom stereocenters. The Balaban J connectivity index is 2.05. The first-order valence-electron chi connectivity index (χ1n) is 7.38. The molecule has 0 amide bonds. The van der Waals surface area contributed by atoms with Gasteiger partial charge in [-0.1, -0.05) is 49.0 Å². The van der Waals surface area contributed by atoms with Crippen molar-refractivity contribution < 1.29 is 0 Å². The highest BCUT2D eigenvalue weighted by Crippen LogP contribution is 2.40. The summed E-state index contributed by atoms with van der Waals surface area (Å²) in [4.78, 5) is 13.3. The van der Waals surface area contributed by atoms with Gasteiger partial charge in [0.25, 0.3) is 0 Å². The van der Waals surface area contributed by atoms with Crippen LogP contribution in [0.15, 0.2) is 18.3 Å². The normalized spacial score (nSPS) is 15.6. The Morgan fingerprint density at radius 3 is 2.43 bits per heavy atom. The number of nitrogens with zero attached hydrogens (tertiary/aromatic N) is 3. The molecule has 2 aromatic rings. The molecule has 21 heavy (non-hydrogen) atoms. The molecule has 2 aromatic heterocycles. The number of hydrogen-bond acceptors (Lipinski definition) is 3. The molecule has 3 rings (SSSR count). The highest BCUT2D eigenvalue weighted by atomic mass is 35.5. The molecule has 0 radical (unpaired) electrons. The SMILES string of the molecule is CCc1cccnc1-c1nc(Cl)c(C2CCCC2)c(Cl)n1. The number of rotatable bonds is 3. The fraction of sp³-hybridized carbons (Fsp3) is 0.438. The van der Waals surface area contributed by atoms with Crippen LogP contribution in [0.5, 0.6) is 0 Å². The predicted octanol–water partition coefficient (Wildman–Crippen LogP) is 5.07. The highest BCUT2D eigenvalue weighted by molar-refractivity contribution is 6.34. The van der Waals surface area contributed by atoms with Crippen LogP contribution in [0.4, 0.5) is 0 Å². The van der Waals surface area contributed by atoms with E-state index in [4.69, 9.17) is 23.2 Å². The molecule has 1 fully saturated rings. The van der Waals surface area contributed by atoms with Crippen molar-refractivity contribution in [2.75, 3.05) is 0 Å². The third-order valence-corrected chi connectivity index (χ3v) is 4.68. The zero-order chi connectivity index (χ0) is 14.8. The minimum atomic E-state index is 0.397. The minimum absolute atomic E-state index is 0.397. The van der Waals surface area contributed by atoms with E-state index in [0.717, 1.165) is 36.1 Å². The van der Waals surface area contributed by atoms with Crippen LogP contribution in [-0.4, -0.2) is 15.0 Å². The Morgan fingerprint density at radius 1 is 1.14 bits per heavy atom. The molecule has 5 heteroatoms. The van der Waals surface area contributed by atoms with Crippen molar-refractivity contribution in [3.8, 4) is 11.5 Å². The Kier molecular flexibility index (Phi) is 4.41. The summed E-state index contributed by atoms with van der Waals surface area (Å²) in [6.45, 7) is 2.08. The molecule has 3 nitrogen and oxygen atoms in total. The van der Waals surface area contributed by atoms with Gasteiger partial charge in [-0.2, -0.15) is 0 Å². The lowest BCUT2D eigenvalue weighted by atomic mass is 10.0. The Hall–Kier alpha value is -1.19. The molecule has 0 atom stereocenters. The maximum atomic E-state index is 6.40. The third-order valence-electron chi connectivity index (χ3n) is 4.10. The van der Waals surface area contributed by atoms with Gasteiger partial charge < -0.3 is 0 Å². The van der Waals surface area contributed by atoms with E-state index >= 15 is 0 Å². The molecular weight excluding hydrogens is 305 g/mol. The molecule has 110 valence electrons. The van der Waals surface area contributed by atoms with E-state index in [1.54, 1.807) is 6.20 Å². The van der Waals surface area contributed by atoms with Crippen LogP contribution in [0.25, 0.3) is 11.5 Å². The Morgan fingerprint density at radius 2 is 1.81 bits per heavy atom. The molecule has 0 saturated heterocycles. The van der Waals surface area contributed by atoms with E-state index in [0.29, 0.717) is 22.0 Å². The van der Waals surface area contributed by atoms with Gasteiger partial charge in [0.1, 0.15) is 16.0 Å². The zero-order valence-corrected chi connectivity index (χ0v) is 13.5. The first-order valence-corrected chi connectivity index (χ1v) is 8.13. The Labute approximate surface area is 134 Å². The van der Waals surface area contributed by atoms with Crippen LogP contribution in [0.3, 0.4) is 0 Å². The molecule has 1 aliphatic rings. The lowest BCUT2D eigenvalue weighted by molar-refractivity contribution is 0.715. The molecule has 0 aromatic carbocycles. The summed E-state index contributed by atoms with van der Waals surface area (Å²) in [6.07, 6.45) is 7.28. The summed E-state index contributed by atoms with van der Waals surface area (Å²) in [6, 6.07) is 3.94. The van der Waals surface area contributed by atoms with E-state index in [2.05, 4.69) is 21.9 Å². The van der Waals surface area contributed by atoms with E-state index in [1.807, 2.05) is 12.1 Å². The van der Waals surface area contributed by atoms with Crippen LogP contribution in [0.1, 0.15) is 49.7 Å². The van der Waals surface area contributed by atoms with Gasteiger partial charge >= 0.3 is 0 Å². The standard InChI is InChI=1S/C16H17Cl2N3/c1-2-10-8-5-9-19-13(10)16-20-14(17)12(15(18)21-16)11-6-3-4-7-11/h5,8-9,11H,2-4,6-7H2,1H3. The topological polar surface area (TPSA) is 38.7 Å². The van der Waals surface area contributed by atoms with E-state index in [9.17, 15) is 0 Å². The predicted molar refractivity (Wildman–Crippen MR) is 85.9 cm³/mol. The average Bonchev–Trinajstić information content (AvgIpc) is 3.00. The van der Waals surface area contributed by atoms with Gasteiger partial charge in [0.15, 0.2) is 5.82 Å². The monoisotopic (exact) mass is 321 g/mol. The quantitative estimate of drug-likeness (QED) is 0.741. The van der Waals surface area contributed by atoms with E-state index in [1.165, 1.54) is 12.8 Å². The summed E-state index contributed by atoms with van der Waals surface area (Å²) < 4.78 is 0. The van der Waals surface area contributed by atoms with Crippen LogP contribution in [0.2, 0.25) is 10.3 Å². The molecule has 0 N–H and O–H groups in total. The second kappa shape index (κ2) is 6.29. The van der Waals surface area contributed by atoms with Crippen molar-refractivity contribution in [3.63, 3.8) is 0 Å². The summed E-state index contributed by atoms with van der Waals surface area (Å²) in [5.74, 6) is 0.914. The third kappa shape index (κ3) is 2.90. The smallest absolute Gasteiger partial charge is 0.181 e. The summed E-state index contributed by atoms with van der Waals surface area (Å²) in [5, 5.41) is 0.953. The number of pyridine rings is 1. The summed E-state index contributed by atoms with van der Waals surface area (Å²) in [5.41, 5.74) is 2.77. The van der Waals surface area contributed by atoms with Crippen molar-refractivity contribution in [1.29, 1.82) is 0 Å². The average molecular weight is 322 g/mol. The fourth-order valence-corrected chi connectivity index (χ4v) is 3.70. The lowest BCUT2D eigenvalue weighted by Gasteiger charge is -2.14. The first kappa shape index (κ1) is 14.7. The molecule has 2 heterocycles. The summed E-state index contributed by atoms with van der Waals surface area (Å²) >= 11 is 12.8. The summed E-state index contributed by atoms with van der Waals surface area (Å²) in [7, 11) is 0. The van der Waals surface area contributed by atoms with Crippen molar-refractivity contribution in [3.05, 3.63) is 39.8 Å². The molecule has 0 spiro atoms. The molecular formula is C16H17Cl2N3. The molecule has 1 aliphatic carbocycles. The Bertz CT molecular complexity index is 629. The van der Waals surface area contributed by atoms with Crippen LogP contribution in [-0.2, 0) is 6.42 Å². The van der Waals surface area contributed by atoms with Gasteiger partial charge in [0.2, 0.25) is 0 Å². The van der Waals surface area contributed by atoms with Crippen molar-refractivity contribution in [2.24, 2.45) is 0 Å². The molecule has 0 aliphatic heterocycles. The number of hydrogen-bond donors (Lipinski definition) is 0. The second-order valence-electron chi connectivity index (χ2n) is 5.39. The van der Waals surface area contributed by atoms with E-state index < -0.39 is 0 Å². The maximum Gasteiger partial charge on any atom is 0.181 e. The van der Waals surface area contributed by atoms with Crippen molar-refractivity contribution in [1.82, 2.24) is 15.0 Å². The number of aromatic nitrogens is 3. The van der Waals surface area contributed by atoms with Gasteiger partial charge in [-0.15, -0.1) is 0 Å². The van der Waals surface area contributed by atoms with E-state index in [-0.39, 0.29) is 0 Å². The largest absolute Gasteiger partial charge is 0.253 e. The number of aryl methyl sites for hydroxylation is 1. The van der Waals surface area contributed by atoms with Gasteiger partial charge in [0, 0.05) is 11.8 Å². The van der Waals surface area contributed by atoms with Crippen LogP contribution < -0.4 is 0 Å². The lowest BCUT2D eigenvalue weighted by Crippen LogP contribution is -2.03. The molecule has 0 bridgehead atoms. The first-order chi connectivity index (χ1) is 10.2. The van der Waals surface area contributed by atoms with Gasteiger partial charge in [0.05, 0.1) is 0 Å². The van der Waals surface area contributed by atoms with Gasteiger partial charge in [-0.05, 0) is 36.8 Å². The molecule has 1 saturated carbocycles. The van der Waals surface area contributed by atoms with Crippen LogP contribution >= 0.6 is 23.2 Å². The van der Waals surface area contributed by atoms with Crippen LogP contribution in [0, 0.1) is 0 Å². The highest BCUT2D eigenvalue weighted by Gasteiger charge is 2.25. The zero-order valence-electron chi connectivity index (χ0n) is 11.9. The van der Waals surface area contributed by atoms with Crippen molar-refractivity contribution >= 4 is 23.2 Å². The minimum Gasteiger partial charge on any atom is -0.253 e. The maximum absolute atomic E-state index is 6.40.